The number of halogens is 4. The van der Waals surface area contributed by atoms with E-state index in [9.17, 15) is 17.6 Å². The first-order chi connectivity index (χ1) is 11.9. The maximum Gasteiger partial charge on any atom is 0.403 e. The van der Waals surface area contributed by atoms with Crippen molar-refractivity contribution in [2.75, 3.05) is 25.0 Å². The van der Waals surface area contributed by atoms with Gasteiger partial charge in [-0.25, -0.2) is 4.39 Å². The SMILES string of the molecule is Fc1ccc2c(c1)C(CN1CCCC1)(C(F)(F)F)c1ccncc1N2. The summed E-state index contributed by atoms with van der Waals surface area (Å²) < 4.78 is 57.5. The van der Waals surface area contributed by atoms with Gasteiger partial charge in [-0.05, 0) is 61.3 Å². The Balaban J connectivity index is 1.99. The van der Waals surface area contributed by atoms with Crippen molar-refractivity contribution < 1.29 is 17.6 Å². The molecule has 7 heteroatoms. The number of pyridine rings is 1. The second kappa shape index (κ2) is 5.69. The average molecular weight is 351 g/mol. The molecule has 1 unspecified atom stereocenters. The molecule has 0 aliphatic carbocycles. The summed E-state index contributed by atoms with van der Waals surface area (Å²) in [5.41, 5.74) is -1.65. The number of fused-ring (bicyclic) bond motifs is 2. The van der Waals surface area contributed by atoms with E-state index in [-0.39, 0.29) is 23.4 Å². The minimum Gasteiger partial charge on any atom is -0.354 e. The highest BCUT2D eigenvalue weighted by atomic mass is 19.4. The maximum atomic E-state index is 14.5. The lowest BCUT2D eigenvalue weighted by atomic mass is 9.70. The molecular weight excluding hydrogens is 334 g/mol. The Morgan fingerprint density at radius 2 is 1.84 bits per heavy atom. The topological polar surface area (TPSA) is 28.2 Å². The Morgan fingerprint density at radius 1 is 1.08 bits per heavy atom. The lowest BCUT2D eigenvalue weighted by Gasteiger charge is -2.44. The predicted molar refractivity (Wildman–Crippen MR) is 86.4 cm³/mol. The van der Waals surface area contributed by atoms with Crippen molar-refractivity contribution in [2.45, 2.75) is 24.4 Å². The molecule has 1 fully saturated rings. The maximum absolute atomic E-state index is 14.5. The standard InChI is InChI=1S/C18H17F4N3/c19-12-3-4-15-14(9-12)17(18(20,21)22,11-25-7-1-2-8-25)13-5-6-23-10-16(13)24-15/h3-6,9-10,24H,1-2,7-8,11H2. The van der Waals surface area contributed by atoms with Gasteiger partial charge in [-0.2, -0.15) is 13.2 Å². The number of likely N-dealkylation sites (tertiary alicyclic amines) is 1. The number of alkyl halides is 3. The van der Waals surface area contributed by atoms with E-state index in [4.69, 9.17) is 0 Å². The molecule has 3 heterocycles. The minimum atomic E-state index is -4.57. The van der Waals surface area contributed by atoms with E-state index in [0.29, 0.717) is 18.8 Å². The van der Waals surface area contributed by atoms with Crippen LogP contribution in [-0.2, 0) is 5.41 Å². The summed E-state index contributed by atoms with van der Waals surface area (Å²) in [6.07, 6.45) is -0.0610. The fourth-order valence-corrected chi connectivity index (χ4v) is 3.98. The van der Waals surface area contributed by atoms with Crippen molar-refractivity contribution >= 4 is 11.4 Å². The van der Waals surface area contributed by atoms with Gasteiger partial charge in [-0.3, -0.25) is 4.98 Å². The highest BCUT2D eigenvalue weighted by Gasteiger charge is 2.61. The van der Waals surface area contributed by atoms with Crippen LogP contribution in [-0.4, -0.2) is 35.7 Å². The Labute approximate surface area is 142 Å². The molecule has 25 heavy (non-hydrogen) atoms. The van der Waals surface area contributed by atoms with Crippen molar-refractivity contribution in [3.63, 3.8) is 0 Å². The Hall–Kier alpha value is -2.15. The van der Waals surface area contributed by atoms with Crippen LogP contribution in [0.25, 0.3) is 0 Å². The van der Waals surface area contributed by atoms with Crippen molar-refractivity contribution in [2.24, 2.45) is 0 Å². The molecule has 0 spiro atoms. The lowest BCUT2D eigenvalue weighted by molar-refractivity contribution is -0.182. The number of nitrogens with one attached hydrogen (secondary N) is 1. The molecule has 1 saturated heterocycles. The third kappa shape index (κ3) is 2.49. The van der Waals surface area contributed by atoms with Crippen LogP contribution < -0.4 is 5.32 Å². The molecule has 3 nitrogen and oxygen atoms in total. The average Bonchev–Trinajstić information content (AvgIpc) is 3.07. The van der Waals surface area contributed by atoms with E-state index in [1.807, 2.05) is 4.90 Å². The molecule has 4 rings (SSSR count). The summed E-state index contributed by atoms with van der Waals surface area (Å²) in [6, 6.07) is 4.93. The van der Waals surface area contributed by atoms with Crippen molar-refractivity contribution in [3.8, 4) is 0 Å². The fraction of sp³-hybridized carbons (Fsp3) is 0.389. The molecule has 1 N–H and O–H groups in total. The second-order valence-corrected chi connectivity index (χ2v) is 6.62. The van der Waals surface area contributed by atoms with Gasteiger partial charge in [0.05, 0.1) is 11.9 Å². The van der Waals surface area contributed by atoms with Gasteiger partial charge >= 0.3 is 6.18 Å². The van der Waals surface area contributed by atoms with Crippen LogP contribution in [0.2, 0.25) is 0 Å². The van der Waals surface area contributed by atoms with Crippen molar-refractivity contribution in [3.05, 3.63) is 53.6 Å². The van der Waals surface area contributed by atoms with Gasteiger partial charge in [-0.15, -0.1) is 0 Å². The number of anilines is 2. The summed E-state index contributed by atoms with van der Waals surface area (Å²) in [6.45, 7) is 1.03. The molecule has 1 aromatic heterocycles. The van der Waals surface area contributed by atoms with E-state index in [2.05, 4.69) is 10.3 Å². The van der Waals surface area contributed by atoms with Crippen LogP contribution in [0.4, 0.5) is 28.9 Å². The highest BCUT2D eigenvalue weighted by Crippen LogP contribution is 2.54. The predicted octanol–water partition coefficient (Wildman–Crippen LogP) is 4.22. The summed E-state index contributed by atoms with van der Waals surface area (Å²) in [5.74, 6) is -0.673. The molecule has 132 valence electrons. The van der Waals surface area contributed by atoms with Gasteiger partial charge in [0.1, 0.15) is 11.2 Å². The normalized spacial score (nSPS) is 23.0. The molecule has 1 aromatic carbocycles. The molecule has 0 bridgehead atoms. The number of nitrogens with zero attached hydrogens (tertiary/aromatic N) is 2. The molecule has 1 atom stereocenters. The van der Waals surface area contributed by atoms with Gasteiger partial charge in [0.25, 0.3) is 0 Å². The first kappa shape index (κ1) is 16.3. The summed E-state index contributed by atoms with van der Waals surface area (Å²) in [4.78, 5) is 5.77. The molecule has 2 aromatic rings. The van der Waals surface area contributed by atoms with Crippen LogP contribution >= 0.6 is 0 Å². The largest absolute Gasteiger partial charge is 0.403 e. The number of aromatic nitrogens is 1. The third-order valence-electron chi connectivity index (χ3n) is 5.13. The van der Waals surface area contributed by atoms with Crippen LogP contribution in [0, 0.1) is 5.82 Å². The number of hydrogen-bond donors (Lipinski definition) is 1. The Morgan fingerprint density at radius 3 is 2.56 bits per heavy atom. The third-order valence-corrected chi connectivity index (χ3v) is 5.13. The van der Waals surface area contributed by atoms with E-state index >= 15 is 0 Å². The zero-order valence-electron chi connectivity index (χ0n) is 13.4. The van der Waals surface area contributed by atoms with Crippen molar-refractivity contribution in [1.29, 1.82) is 0 Å². The molecule has 2 aliphatic heterocycles. The van der Waals surface area contributed by atoms with E-state index < -0.39 is 17.4 Å². The smallest absolute Gasteiger partial charge is 0.354 e. The summed E-state index contributed by atoms with van der Waals surface area (Å²) in [5, 5.41) is 2.97. The monoisotopic (exact) mass is 351 g/mol. The van der Waals surface area contributed by atoms with Crippen molar-refractivity contribution in [1.82, 2.24) is 9.88 Å². The van der Waals surface area contributed by atoms with Crippen LogP contribution in [0.15, 0.2) is 36.7 Å². The first-order valence-electron chi connectivity index (χ1n) is 8.22. The van der Waals surface area contributed by atoms with Crippen LogP contribution in [0.3, 0.4) is 0 Å². The highest BCUT2D eigenvalue weighted by molar-refractivity contribution is 5.76. The van der Waals surface area contributed by atoms with Crippen LogP contribution in [0.5, 0.6) is 0 Å². The van der Waals surface area contributed by atoms with Gasteiger partial charge < -0.3 is 10.2 Å². The van der Waals surface area contributed by atoms with Gasteiger partial charge in [0, 0.05) is 18.4 Å². The van der Waals surface area contributed by atoms with E-state index in [1.54, 1.807) is 0 Å². The fourth-order valence-electron chi connectivity index (χ4n) is 3.98. The number of rotatable bonds is 2. The second-order valence-electron chi connectivity index (χ2n) is 6.62. The first-order valence-corrected chi connectivity index (χ1v) is 8.22. The minimum absolute atomic E-state index is 0.0643. The lowest BCUT2D eigenvalue weighted by Crippen LogP contribution is -2.53. The van der Waals surface area contributed by atoms with Gasteiger partial charge in [0.2, 0.25) is 0 Å². The summed E-state index contributed by atoms with van der Waals surface area (Å²) in [7, 11) is 0. The Bertz CT molecular complexity index is 799. The molecule has 2 aliphatic rings. The summed E-state index contributed by atoms with van der Waals surface area (Å²) >= 11 is 0. The zero-order valence-corrected chi connectivity index (χ0v) is 13.4. The molecule has 0 radical (unpaired) electrons. The van der Waals surface area contributed by atoms with E-state index in [1.165, 1.54) is 30.6 Å². The zero-order chi connectivity index (χ0) is 17.7. The van der Waals surface area contributed by atoms with E-state index in [0.717, 1.165) is 18.9 Å². The van der Waals surface area contributed by atoms with Gasteiger partial charge in [-0.1, -0.05) is 0 Å². The molecule has 0 saturated carbocycles. The Kier molecular flexibility index (Phi) is 3.72. The quantitative estimate of drug-likeness (QED) is 0.821. The van der Waals surface area contributed by atoms with Gasteiger partial charge in [0.15, 0.2) is 0 Å². The molecular formula is C18H17F4N3. The number of hydrogen-bond acceptors (Lipinski definition) is 3. The van der Waals surface area contributed by atoms with Crippen LogP contribution in [0.1, 0.15) is 24.0 Å². The molecule has 0 amide bonds. The number of benzene rings is 1.